The first-order chi connectivity index (χ1) is 8.98. The number of hydrogen-bond donors (Lipinski definition) is 1. The highest BCUT2D eigenvalue weighted by atomic mass is 32.2. The van der Waals surface area contributed by atoms with Gasteiger partial charge in [0.15, 0.2) is 0 Å². The van der Waals surface area contributed by atoms with E-state index in [2.05, 4.69) is 0 Å². The maximum absolute atomic E-state index is 12.5. The van der Waals surface area contributed by atoms with Crippen molar-refractivity contribution in [2.45, 2.75) is 31.0 Å². The average molecular weight is 285 g/mol. The van der Waals surface area contributed by atoms with Crippen molar-refractivity contribution in [2.75, 3.05) is 20.2 Å². The maximum Gasteiger partial charge on any atom is 0.243 e. The molecular formula is C13H19NO4S. The Labute approximate surface area is 113 Å². The summed E-state index contributed by atoms with van der Waals surface area (Å²) < 4.78 is 31.6. The minimum Gasteiger partial charge on any atom is -0.392 e. The molecule has 5 nitrogen and oxygen atoms in total. The van der Waals surface area contributed by atoms with Crippen molar-refractivity contribution in [1.29, 1.82) is 0 Å². The summed E-state index contributed by atoms with van der Waals surface area (Å²) in [5, 5.41) is 9.23. The topological polar surface area (TPSA) is 66.8 Å². The van der Waals surface area contributed by atoms with Gasteiger partial charge in [0.1, 0.15) is 0 Å². The monoisotopic (exact) mass is 285 g/mol. The molecule has 1 atom stereocenters. The molecule has 0 aromatic heterocycles. The third-order valence-electron chi connectivity index (χ3n) is 3.57. The summed E-state index contributed by atoms with van der Waals surface area (Å²) in [6.45, 7) is 2.55. The molecular weight excluding hydrogens is 266 g/mol. The van der Waals surface area contributed by atoms with Crippen LogP contribution in [-0.4, -0.2) is 44.1 Å². The Hall–Kier alpha value is -0.950. The molecule has 1 aromatic carbocycles. The number of aliphatic hydroxyl groups is 1. The van der Waals surface area contributed by atoms with Gasteiger partial charge in [0.2, 0.25) is 10.0 Å². The molecule has 2 rings (SSSR count). The second-order valence-corrected chi connectivity index (χ2v) is 6.69. The number of aryl methyl sites for hydroxylation is 1. The summed E-state index contributed by atoms with van der Waals surface area (Å²) in [5.41, 5.74) is 1.53. The number of methoxy groups -OCH3 is 1. The van der Waals surface area contributed by atoms with Crippen LogP contribution in [0.4, 0.5) is 0 Å². The first kappa shape index (κ1) is 14.5. The number of rotatable bonds is 4. The van der Waals surface area contributed by atoms with Gasteiger partial charge in [-0.1, -0.05) is 6.07 Å². The number of sulfonamides is 1. The lowest BCUT2D eigenvalue weighted by Crippen LogP contribution is -2.30. The van der Waals surface area contributed by atoms with Gasteiger partial charge >= 0.3 is 0 Å². The van der Waals surface area contributed by atoms with Gasteiger partial charge in [-0.15, -0.1) is 0 Å². The highest BCUT2D eigenvalue weighted by Gasteiger charge is 2.32. The van der Waals surface area contributed by atoms with E-state index in [1.165, 1.54) is 4.31 Å². The van der Waals surface area contributed by atoms with Crippen molar-refractivity contribution in [3.8, 4) is 0 Å². The highest BCUT2D eigenvalue weighted by molar-refractivity contribution is 7.89. The van der Waals surface area contributed by atoms with E-state index in [1.54, 1.807) is 25.3 Å². The minimum atomic E-state index is -3.49. The number of hydrogen-bond acceptors (Lipinski definition) is 4. The average Bonchev–Trinajstić information content (AvgIpc) is 2.88. The normalized spacial score (nSPS) is 20.9. The van der Waals surface area contributed by atoms with E-state index in [-0.39, 0.29) is 17.6 Å². The largest absolute Gasteiger partial charge is 0.392 e. The van der Waals surface area contributed by atoms with Crippen LogP contribution in [-0.2, 0) is 21.4 Å². The van der Waals surface area contributed by atoms with Crippen LogP contribution in [0.1, 0.15) is 17.5 Å². The predicted octanol–water partition coefficient (Wildman–Crippen LogP) is 0.897. The Balaban J connectivity index is 2.30. The lowest BCUT2D eigenvalue weighted by atomic mass is 10.1. The Morgan fingerprint density at radius 2 is 2.21 bits per heavy atom. The van der Waals surface area contributed by atoms with Gasteiger partial charge in [-0.05, 0) is 36.6 Å². The molecule has 0 radical (unpaired) electrons. The van der Waals surface area contributed by atoms with Crippen LogP contribution in [0.15, 0.2) is 23.1 Å². The van der Waals surface area contributed by atoms with Gasteiger partial charge in [-0.2, -0.15) is 4.31 Å². The predicted molar refractivity (Wildman–Crippen MR) is 71.3 cm³/mol. The van der Waals surface area contributed by atoms with Crippen LogP contribution in [0.25, 0.3) is 0 Å². The highest BCUT2D eigenvalue weighted by Crippen LogP contribution is 2.24. The fourth-order valence-electron chi connectivity index (χ4n) is 2.24. The molecule has 1 unspecified atom stereocenters. The molecule has 1 aliphatic heterocycles. The maximum atomic E-state index is 12.5. The molecule has 1 saturated heterocycles. The Morgan fingerprint density at radius 3 is 2.79 bits per heavy atom. The van der Waals surface area contributed by atoms with Gasteiger partial charge in [0, 0.05) is 20.2 Å². The molecule has 19 heavy (non-hydrogen) atoms. The summed E-state index contributed by atoms with van der Waals surface area (Å²) >= 11 is 0. The molecule has 1 aliphatic rings. The van der Waals surface area contributed by atoms with Crippen molar-refractivity contribution in [3.05, 3.63) is 29.3 Å². The van der Waals surface area contributed by atoms with E-state index >= 15 is 0 Å². The standard InChI is InChI=1S/C13H19NO4S/c1-10-3-4-13(7-11(10)9-15)19(16,17)14-6-5-12(8-14)18-2/h3-4,7,12,15H,5-6,8-9H2,1-2H3. The van der Waals surface area contributed by atoms with Crippen LogP contribution in [0.3, 0.4) is 0 Å². The molecule has 0 saturated carbocycles. The zero-order chi connectivity index (χ0) is 14.0. The molecule has 0 spiro atoms. The van der Waals surface area contributed by atoms with Gasteiger partial charge in [-0.25, -0.2) is 8.42 Å². The van der Waals surface area contributed by atoms with Crippen LogP contribution in [0.2, 0.25) is 0 Å². The van der Waals surface area contributed by atoms with E-state index in [0.717, 1.165) is 5.56 Å². The zero-order valence-electron chi connectivity index (χ0n) is 11.2. The number of aliphatic hydroxyl groups excluding tert-OH is 1. The first-order valence-corrected chi connectivity index (χ1v) is 7.66. The van der Waals surface area contributed by atoms with Gasteiger partial charge in [0.25, 0.3) is 0 Å². The summed E-state index contributed by atoms with van der Waals surface area (Å²) in [6, 6.07) is 4.86. The van der Waals surface area contributed by atoms with Crippen molar-refractivity contribution in [1.82, 2.24) is 4.31 Å². The fourth-order valence-corrected chi connectivity index (χ4v) is 3.77. The molecule has 1 aromatic rings. The van der Waals surface area contributed by atoms with Crippen molar-refractivity contribution in [2.24, 2.45) is 0 Å². The van der Waals surface area contributed by atoms with E-state index in [0.29, 0.717) is 25.1 Å². The minimum absolute atomic E-state index is 0.0301. The van der Waals surface area contributed by atoms with Crippen molar-refractivity contribution >= 4 is 10.0 Å². The summed E-state index contributed by atoms with van der Waals surface area (Å²) in [7, 11) is -1.90. The number of nitrogens with zero attached hydrogens (tertiary/aromatic N) is 1. The van der Waals surface area contributed by atoms with Gasteiger partial charge in [-0.3, -0.25) is 0 Å². The fraction of sp³-hybridized carbons (Fsp3) is 0.538. The third kappa shape index (κ3) is 2.81. The number of ether oxygens (including phenoxy) is 1. The molecule has 0 aliphatic carbocycles. The van der Waals surface area contributed by atoms with Crippen LogP contribution < -0.4 is 0 Å². The molecule has 0 bridgehead atoms. The summed E-state index contributed by atoms with van der Waals surface area (Å²) in [4.78, 5) is 0.235. The molecule has 1 N–H and O–H groups in total. The van der Waals surface area contributed by atoms with E-state index in [1.807, 2.05) is 6.92 Å². The first-order valence-electron chi connectivity index (χ1n) is 6.22. The SMILES string of the molecule is COC1CCN(S(=O)(=O)c2ccc(C)c(CO)c2)C1. The lowest BCUT2D eigenvalue weighted by molar-refractivity contribution is 0.115. The van der Waals surface area contributed by atoms with Crippen molar-refractivity contribution in [3.63, 3.8) is 0 Å². The quantitative estimate of drug-likeness (QED) is 0.892. The summed E-state index contributed by atoms with van der Waals surface area (Å²) in [5.74, 6) is 0. The molecule has 106 valence electrons. The molecule has 1 fully saturated rings. The third-order valence-corrected chi connectivity index (χ3v) is 5.43. The molecule has 0 amide bonds. The molecule has 6 heteroatoms. The van der Waals surface area contributed by atoms with Crippen LogP contribution in [0.5, 0.6) is 0 Å². The Morgan fingerprint density at radius 1 is 1.47 bits per heavy atom. The Bertz CT molecular complexity index is 556. The zero-order valence-corrected chi connectivity index (χ0v) is 12.0. The van der Waals surface area contributed by atoms with Gasteiger partial charge < -0.3 is 9.84 Å². The Kier molecular flexibility index (Phi) is 4.25. The van der Waals surface area contributed by atoms with Gasteiger partial charge in [0.05, 0.1) is 17.6 Å². The van der Waals surface area contributed by atoms with E-state index < -0.39 is 10.0 Å². The summed E-state index contributed by atoms with van der Waals surface area (Å²) in [6.07, 6.45) is 0.687. The van der Waals surface area contributed by atoms with E-state index in [4.69, 9.17) is 4.74 Å². The molecule has 1 heterocycles. The smallest absolute Gasteiger partial charge is 0.243 e. The van der Waals surface area contributed by atoms with Crippen molar-refractivity contribution < 1.29 is 18.3 Å². The second-order valence-electron chi connectivity index (χ2n) is 4.76. The number of benzene rings is 1. The van der Waals surface area contributed by atoms with E-state index in [9.17, 15) is 13.5 Å². The lowest BCUT2D eigenvalue weighted by Gasteiger charge is -2.17. The second kappa shape index (κ2) is 5.58. The van der Waals surface area contributed by atoms with Crippen LogP contribution in [0, 0.1) is 6.92 Å². The van der Waals surface area contributed by atoms with Crippen LogP contribution >= 0.6 is 0 Å².